The van der Waals surface area contributed by atoms with Gasteiger partial charge in [-0.1, -0.05) is 70.1 Å². The number of ether oxygens (including phenoxy) is 1. The van der Waals surface area contributed by atoms with Crippen LogP contribution in [0.1, 0.15) is 21.5 Å². The van der Waals surface area contributed by atoms with Crippen LogP contribution in [0.3, 0.4) is 0 Å². The number of carbonyl (C=O) groups excluding carboxylic acids is 1. The average molecular weight is 521 g/mol. The molecule has 0 heterocycles. The van der Waals surface area contributed by atoms with Crippen LogP contribution in [0.2, 0.25) is 25.1 Å². The molecule has 0 aliphatic carbocycles. The Morgan fingerprint density at radius 3 is 2.10 bits per heavy atom. The molecule has 0 spiro atoms. The summed E-state index contributed by atoms with van der Waals surface area (Å²) in [4.78, 5) is 12.6. The highest BCUT2D eigenvalue weighted by atomic mass is 35.5. The predicted molar refractivity (Wildman–Crippen MR) is 124 cm³/mol. The van der Waals surface area contributed by atoms with Crippen LogP contribution in [0.4, 0.5) is 4.39 Å². The van der Waals surface area contributed by atoms with Crippen molar-refractivity contribution in [3.8, 4) is 5.75 Å². The first-order valence-corrected chi connectivity index (χ1v) is 10.5. The molecule has 0 saturated heterocycles. The van der Waals surface area contributed by atoms with E-state index < -0.39 is 11.8 Å². The van der Waals surface area contributed by atoms with E-state index in [1.807, 2.05) is 0 Å². The fourth-order valence-electron chi connectivity index (χ4n) is 2.77. The highest BCUT2D eigenvalue weighted by Crippen LogP contribution is 2.36. The van der Waals surface area contributed by atoms with Crippen molar-refractivity contribution in [3.05, 3.63) is 96.2 Å². The number of carbonyl (C=O) groups is 1. The molecule has 2 N–H and O–H groups in total. The van der Waals surface area contributed by atoms with E-state index in [-0.39, 0.29) is 49.1 Å². The minimum absolute atomic E-state index is 0.00152. The first-order chi connectivity index (χ1) is 14.7. The molecule has 0 bridgehead atoms. The summed E-state index contributed by atoms with van der Waals surface area (Å²) in [6.45, 7) is 0. The second-order valence-electron chi connectivity index (χ2n) is 6.23. The molecule has 3 rings (SSSR count). The Kier molecular flexibility index (Phi) is 7.68. The number of hydrogen-bond donors (Lipinski definition) is 1. The number of nitrogens with zero attached hydrogens (tertiary/aromatic N) is 1. The molecule has 10 heteroatoms. The van der Waals surface area contributed by atoms with Crippen LogP contribution in [-0.2, 0) is 6.42 Å². The van der Waals surface area contributed by atoms with Gasteiger partial charge in [0.2, 0.25) is 0 Å². The van der Waals surface area contributed by atoms with Gasteiger partial charge < -0.3 is 10.6 Å². The number of hydrogen-bond acceptors (Lipinski definition) is 4. The van der Waals surface area contributed by atoms with Crippen LogP contribution in [0.15, 0.2) is 53.6 Å². The average Bonchev–Trinajstić information content (AvgIpc) is 2.69. The van der Waals surface area contributed by atoms with Gasteiger partial charge >= 0.3 is 5.97 Å². The third kappa shape index (κ3) is 5.43. The predicted octanol–water partition coefficient (Wildman–Crippen LogP) is 7.22. The van der Waals surface area contributed by atoms with Gasteiger partial charge in [0.15, 0.2) is 5.75 Å². The standard InChI is InChI=1S/C21H12Cl5FN2O2/c22-10-5-14(19(29-28)9-13-15(24)6-11(23)7-16(13)25)20(17(26)8-10)31-21(30)12-3-1-2-4-18(12)27/h1-8H,9,28H2/b29-19-. The Labute approximate surface area is 202 Å². The molecular formula is C21H12Cl5FN2O2. The summed E-state index contributed by atoms with van der Waals surface area (Å²) in [5.74, 6) is 3.81. The topological polar surface area (TPSA) is 64.7 Å². The maximum atomic E-state index is 14.0. The highest BCUT2D eigenvalue weighted by Gasteiger charge is 2.23. The lowest BCUT2D eigenvalue weighted by molar-refractivity contribution is 0.0729. The minimum atomic E-state index is -0.956. The van der Waals surface area contributed by atoms with E-state index >= 15 is 0 Å². The van der Waals surface area contributed by atoms with Crippen LogP contribution in [0.5, 0.6) is 5.75 Å². The molecule has 0 atom stereocenters. The van der Waals surface area contributed by atoms with Gasteiger partial charge in [0.1, 0.15) is 5.82 Å². The van der Waals surface area contributed by atoms with Gasteiger partial charge in [0.05, 0.1) is 16.3 Å². The van der Waals surface area contributed by atoms with Crippen LogP contribution in [-0.4, -0.2) is 11.7 Å². The first-order valence-electron chi connectivity index (χ1n) is 8.57. The Morgan fingerprint density at radius 1 is 0.903 bits per heavy atom. The lowest BCUT2D eigenvalue weighted by Gasteiger charge is -2.15. The van der Waals surface area contributed by atoms with E-state index in [9.17, 15) is 9.18 Å². The highest BCUT2D eigenvalue weighted by molar-refractivity contribution is 6.40. The number of hydrazone groups is 1. The van der Waals surface area contributed by atoms with Crippen LogP contribution in [0.25, 0.3) is 0 Å². The van der Waals surface area contributed by atoms with E-state index in [1.165, 1.54) is 42.5 Å². The maximum absolute atomic E-state index is 14.0. The van der Waals surface area contributed by atoms with Gasteiger partial charge in [-0.2, -0.15) is 5.10 Å². The Bertz CT molecular complexity index is 1180. The number of nitrogens with two attached hydrogens (primary N) is 1. The van der Waals surface area contributed by atoms with Gasteiger partial charge in [-0.15, -0.1) is 0 Å². The summed E-state index contributed by atoms with van der Waals surface area (Å²) < 4.78 is 19.4. The van der Waals surface area contributed by atoms with Crippen molar-refractivity contribution in [2.45, 2.75) is 6.42 Å². The second-order valence-corrected chi connectivity index (χ2v) is 8.33. The number of rotatable bonds is 5. The zero-order chi connectivity index (χ0) is 22.7. The van der Waals surface area contributed by atoms with Crippen molar-refractivity contribution >= 4 is 69.7 Å². The van der Waals surface area contributed by atoms with Crippen molar-refractivity contribution in [1.29, 1.82) is 0 Å². The maximum Gasteiger partial charge on any atom is 0.346 e. The molecular weight excluding hydrogens is 509 g/mol. The third-order valence-electron chi connectivity index (χ3n) is 4.21. The number of benzene rings is 3. The number of halogens is 6. The van der Waals surface area contributed by atoms with Crippen LogP contribution in [0, 0.1) is 5.82 Å². The van der Waals surface area contributed by atoms with Gasteiger partial charge in [-0.05, 0) is 42.0 Å². The Morgan fingerprint density at radius 2 is 1.48 bits per heavy atom. The fourth-order valence-corrected chi connectivity index (χ4v) is 4.25. The number of esters is 1. The molecule has 31 heavy (non-hydrogen) atoms. The summed E-state index contributed by atoms with van der Waals surface area (Å²) in [5.41, 5.74) is 0.646. The second kappa shape index (κ2) is 10.1. The molecule has 0 aliphatic rings. The largest absolute Gasteiger partial charge is 0.421 e. The Balaban J connectivity index is 2.04. The molecule has 0 aromatic heterocycles. The van der Waals surface area contributed by atoms with Gasteiger partial charge in [0.25, 0.3) is 0 Å². The molecule has 0 fully saturated rings. The van der Waals surface area contributed by atoms with E-state index in [1.54, 1.807) is 0 Å². The van der Waals surface area contributed by atoms with Gasteiger partial charge in [-0.3, -0.25) is 0 Å². The first kappa shape index (κ1) is 23.6. The van der Waals surface area contributed by atoms with Crippen molar-refractivity contribution < 1.29 is 13.9 Å². The van der Waals surface area contributed by atoms with Crippen LogP contribution >= 0.6 is 58.0 Å². The van der Waals surface area contributed by atoms with Crippen molar-refractivity contribution in [2.24, 2.45) is 10.9 Å². The molecule has 0 aliphatic heterocycles. The lowest BCUT2D eigenvalue weighted by atomic mass is 10.0. The van der Waals surface area contributed by atoms with Crippen molar-refractivity contribution in [2.75, 3.05) is 0 Å². The van der Waals surface area contributed by atoms with Gasteiger partial charge in [0, 0.05) is 32.1 Å². The molecule has 0 radical (unpaired) electrons. The lowest BCUT2D eigenvalue weighted by Crippen LogP contribution is -2.16. The smallest absolute Gasteiger partial charge is 0.346 e. The van der Waals surface area contributed by atoms with E-state index in [4.69, 9.17) is 68.6 Å². The molecule has 3 aromatic carbocycles. The normalized spacial score (nSPS) is 11.5. The van der Waals surface area contributed by atoms with Gasteiger partial charge in [-0.25, -0.2) is 9.18 Å². The quantitative estimate of drug-likeness (QED) is 0.127. The third-order valence-corrected chi connectivity index (χ3v) is 5.61. The molecule has 3 aromatic rings. The summed E-state index contributed by atoms with van der Waals surface area (Å²) in [6.07, 6.45) is 0.0479. The molecule has 0 unspecified atom stereocenters. The zero-order valence-corrected chi connectivity index (χ0v) is 19.2. The summed E-state index contributed by atoms with van der Waals surface area (Å²) in [7, 11) is 0. The monoisotopic (exact) mass is 518 g/mol. The van der Waals surface area contributed by atoms with E-state index in [2.05, 4.69) is 5.10 Å². The molecule has 160 valence electrons. The SMILES string of the molecule is N/N=C(/Cc1c(Cl)cc(Cl)cc1Cl)c1cc(Cl)cc(Cl)c1OC(=O)c1ccccc1F. The molecule has 0 amide bonds. The Hall–Kier alpha value is -2.02. The van der Waals surface area contributed by atoms with Crippen LogP contribution < -0.4 is 10.6 Å². The molecule has 4 nitrogen and oxygen atoms in total. The summed E-state index contributed by atoms with van der Waals surface area (Å²) in [6, 6.07) is 11.2. The summed E-state index contributed by atoms with van der Waals surface area (Å²) in [5, 5.41) is 4.95. The fraction of sp³-hybridized carbons (Fsp3) is 0.0476. The summed E-state index contributed by atoms with van der Waals surface area (Å²) >= 11 is 30.9. The molecule has 0 saturated carbocycles. The van der Waals surface area contributed by atoms with Crippen molar-refractivity contribution in [3.63, 3.8) is 0 Å². The zero-order valence-electron chi connectivity index (χ0n) is 15.4. The minimum Gasteiger partial charge on any atom is -0.421 e. The van der Waals surface area contributed by atoms with Crippen molar-refractivity contribution in [1.82, 2.24) is 0 Å². The van der Waals surface area contributed by atoms with E-state index in [0.717, 1.165) is 6.07 Å². The van der Waals surface area contributed by atoms with E-state index in [0.29, 0.717) is 10.6 Å².